The fraction of sp³-hybridized carbons (Fsp3) is 0.312. The Morgan fingerprint density at radius 2 is 2.15 bits per heavy atom. The summed E-state index contributed by atoms with van der Waals surface area (Å²) in [4.78, 5) is 0. The van der Waals surface area contributed by atoms with Gasteiger partial charge in [-0.2, -0.15) is 5.26 Å². The Bertz CT molecular complexity index is 670. The number of para-hydroxylation sites is 1. The van der Waals surface area contributed by atoms with Crippen molar-refractivity contribution in [3.05, 3.63) is 53.5 Å². The molecular weight excluding hydrogens is 254 g/mol. The van der Waals surface area contributed by atoms with Gasteiger partial charge in [-0.15, -0.1) is 0 Å². The van der Waals surface area contributed by atoms with Crippen molar-refractivity contribution in [2.24, 2.45) is 5.41 Å². The SMILES string of the molecule is Cc1ccoc1C(O)C1(C#N)COc2ccccc2C1. The molecule has 1 aliphatic heterocycles. The van der Waals surface area contributed by atoms with Crippen molar-refractivity contribution in [2.75, 3.05) is 6.61 Å². The lowest BCUT2D eigenvalue weighted by Gasteiger charge is -2.35. The van der Waals surface area contributed by atoms with Crippen LogP contribution in [0, 0.1) is 23.7 Å². The quantitative estimate of drug-likeness (QED) is 0.910. The summed E-state index contributed by atoms with van der Waals surface area (Å²) in [5, 5.41) is 20.2. The standard InChI is InChI=1S/C16H15NO3/c1-11-6-7-19-14(11)15(18)16(9-17)8-12-4-2-3-5-13(12)20-10-16/h2-7,15,18H,8,10H2,1H3. The molecule has 1 aliphatic rings. The van der Waals surface area contributed by atoms with Crippen molar-refractivity contribution in [2.45, 2.75) is 19.4 Å². The molecule has 2 heterocycles. The van der Waals surface area contributed by atoms with Crippen LogP contribution in [0.25, 0.3) is 0 Å². The lowest BCUT2D eigenvalue weighted by Crippen LogP contribution is -2.39. The molecule has 1 N–H and O–H groups in total. The number of furan rings is 1. The van der Waals surface area contributed by atoms with E-state index in [-0.39, 0.29) is 6.61 Å². The van der Waals surface area contributed by atoms with Crippen LogP contribution in [0.15, 0.2) is 41.0 Å². The van der Waals surface area contributed by atoms with Gasteiger partial charge in [-0.05, 0) is 30.2 Å². The average Bonchev–Trinajstić information content (AvgIpc) is 2.92. The van der Waals surface area contributed by atoms with Crippen LogP contribution >= 0.6 is 0 Å². The summed E-state index contributed by atoms with van der Waals surface area (Å²) >= 11 is 0. The lowest BCUT2D eigenvalue weighted by molar-refractivity contribution is 0.00316. The van der Waals surface area contributed by atoms with E-state index in [2.05, 4.69) is 6.07 Å². The normalized spacial score (nSPS) is 22.4. The van der Waals surface area contributed by atoms with Crippen LogP contribution in [0.2, 0.25) is 0 Å². The van der Waals surface area contributed by atoms with Crippen molar-refractivity contribution in [1.82, 2.24) is 0 Å². The third-order valence-corrected chi connectivity index (χ3v) is 3.86. The zero-order valence-corrected chi connectivity index (χ0v) is 11.2. The Kier molecular flexibility index (Phi) is 3.00. The number of hydrogen-bond acceptors (Lipinski definition) is 4. The third kappa shape index (κ3) is 1.87. The van der Waals surface area contributed by atoms with Gasteiger partial charge in [-0.3, -0.25) is 0 Å². The monoisotopic (exact) mass is 269 g/mol. The number of fused-ring (bicyclic) bond motifs is 1. The van der Waals surface area contributed by atoms with Crippen LogP contribution in [0.4, 0.5) is 0 Å². The van der Waals surface area contributed by atoms with Gasteiger partial charge in [0.15, 0.2) is 0 Å². The van der Waals surface area contributed by atoms with Crippen LogP contribution in [0.5, 0.6) is 5.75 Å². The highest BCUT2D eigenvalue weighted by atomic mass is 16.5. The molecule has 0 bridgehead atoms. The molecule has 3 rings (SSSR count). The molecule has 4 heteroatoms. The molecule has 1 aromatic carbocycles. The number of nitrogens with zero attached hydrogens (tertiary/aromatic N) is 1. The molecule has 0 amide bonds. The number of hydrogen-bond donors (Lipinski definition) is 1. The minimum Gasteiger partial charge on any atom is -0.492 e. The number of aliphatic hydroxyl groups excluding tert-OH is 1. The predicted octanol–water partition coefficient (Wildman–Crippen LogP) is 2.77. The van der Waals surface area contributed by atoms with Crippen molar-refractivity contribution < 1.29 is 14.3 Å². The van der Waals surface area contributed by atoms with E-state index in [1.165, 1.54) is 6.26 Å². The molecule has 2 aromatic rings. The number of ether oxygens (including phenoxy) is 1. The van der Waals surface area contributed by atoms with E-state index < -0.39 is 11.5 Å². The first-order chi connectivity index (χ1) is 9.66. The molecular formula is C16H15NO3. The maximum absolute atomic E-state index is 10.6. The molecule has 2 atom stereocenters. The lowest BCUT2D eigenvalue weighted by atomic mass is 9.75. The van der Waals surface area contributed by atoms with E-state index in [1.807, 2.05) is 31.2 Å². The zero-order chi connectivity index (χ0) is 14.2. The Balaban J connectivity index is 1.99. The highest BCUT2D eigenvalue weighted by Gasteiger charge is 2.45. The molecule has 0 spiro atoms. The third-order valence-electron chi connectivity index (χ3n) is 3.86. The van der Waals surface area contributed by atoms with Gasteiger partial charge in [-0.25, -0.2) is 0 Å². The van der Waals surface area contributed by atoms with Gasteiger partial charge in [0.05, 0.1) is 12.3 Å². The summed E-state index contributed by atoms with van der Waals surface area (Å²) < 4.78 is 11.0. The molecule has 0 fully saturated rings. The van der Waals surface area contributed by atoms with E-state index in [0.717, 1.165) is 16.9 Å². The van der Waals surface area contributed by atoms with Crippen LogP contribution in [0.3, 0.4) is 0 Å². The fourth-order valence-electron chi connectivity index (χ4n) is 2.61. The van der Waals surface area contributed by atoms with Crippen LogP contribution in [0.1, 0.15) is 23.0 Å². The second kappa shape index (κ2) is 4.69. The minimum atomic E-state index is -1.02. The topological polar surface area (TPSA) is 66.4 Å². The number of aliphatic hydroxyl groups is 1. The van der Waals surface area contributed by atoms with Crippen molar-refractivity contribution in [3.63, 3.8) is 0 Å². The van der Waals surface area contributed by atoms with Crippen molar-refractivity contribution in [3.8, 4) is 11.8 Å². The van der Waals surface area contributed by atoms with Gasteiger partial charge in [0.25, 0.3) is 0 Å². The first kappa shape index (κ1) is 12.8. The van der Waals surface area contributed by atoms with E-state index in [4.69, 9.17) is 9.15 Å². The van der Waals surface area contributed by atoms with Gasteiger partial charge in [0.2, 0.25) is 0 Å². The molecule has 20 heavy (non-hydrogen) atoms. The summed E-state index contributed by atoms with van der Waals surface area (Å²) in [5.41, 5.74) is 0.756. The summed E-state index contributed by atoms with van der Waals surface area (Å²) in [7, 11) is 0. The van der Waals surface area contributed by atoms with Gasteiger partial charge < -0.3 is 14.3 Å². The maximum Gasteiger partial charge on any atom is 0.136 e. The first-order valence-corrected chi connectivity index (χ1v) is 6.50. The fourth-order valence-corrected chi connectivity index (χ4v) is 2.61. The van der Waals surface area contributed by atoms with Crippen molar-refractivity contribution in [1.29, 1.82) is 5.26 Å². The highest BCUT2D eigenvalue weighted by molar-refractivity contribution is 5.38. The molecule has 0 radical (unpaired) electrons. The van der Waals surface area contributed by atoms with Crippen molar-refractivity contribution >= 4 is 0 Å². The van der Waals surface area contributed by atoms with Crippen LogP contribution < -0.4 is 4.74 Å². The van der Waals surface area contributed by atoms with Crippen LogP contribution in [-0.4, -0.2) is 11.7 Å². The summed E-state index contributed by atoms with van der Waals surface area (Å²) in [6, 6.07) is 11.6. The van der Waals surface area contributed by atoms with E-state index in [1.54, 1.807) is 6.07 Å². The molecule has 1 aromatic heterocycles. The average molecular weight is 269 g/mol. The van der Waals surface area contributed by atoms with E-state index in [0.29, 0.717) is 12.2 Å². The Labute approximate surface area is 117 Å². The van der Waals surface area contributed by atoms with Crippen LogP contribution in [-0.2, 0) is 6.42 Å². The summed E-state index contributed by atoms with van der Waals surface area (Å²) in [6.45, 7) is 2.01. The first-order valence-electron chi connectivity index (χ1n) is 6.50. The van der Waals surface area contributed by atoms with Gasteiger partial charge in [0, 0.05) is 6.42 Å². The van der Waals surface area contributed by atoms with Gasteiger partial charge in [0.1, 0.15) is 29.6 Å². The molecule has 0 aliphatic carbocycles. The maximum atomic E-state index is 10.6. The van der Waals surface area contributed by atoms with E-state index >= 15 is 0 Å². The second-order valence-corrected chi connectivity index (χ2v) is 5.21. The smallest absolute Gasteiger partial charge is 0.136 e. The molecule has 2 unspecified atom stereocenters. The number of benzene rings is 1. The number of aryl methyl sites for hydroxylation is 1. The zero-order valence-electron chi connectivity index (χ0n) is 11.2. The molecule has 0 saturated heterocycles. The predicted molar refractivity (Wildman–Crippen MR) is 72.1 cm³/mol. The highest BCUT2D eigenvalue weighted by Crippen LogP contribution is 2.43. The minimum absolute atomic E-state index is 0.155. The molecule has 0 saturated carbocycles. The molecule has 102 valence electrons. The summed E-state index contributed by atoms with van der Waals surface area (Å²) in [5.74, 6) is 1.22. The molecule has 4 nitrogen and oxygen atoms in total. The van der Waals surface area contributed by atoms with E-state index in [9.17, 15) is 10.4 Å². The Hall–Kier alpha value is -2.25. The second-order valence-electron chi connectivity index (χ2n) is 5.21. The number of nitriles is 1. The number of rotatable bonds is 2. The van der Waals surface area contributed by atoms with Gasteiger partial charge >= 0.3 is 0 Å². The Morgan fingerprint density at radius 3 is 2.85 bits per heavy atom. The largest absolute Gasteiger partial charge is 0.492 e. The van der Waals surface area contributed by atoms with Gasteiger partial charge in [-0.1, -0.05) is 18.2 Å². The summed E-state index contributed by atoms with van der Waals surface area (Å²) in [6.07, 6.45) is 0.966. The Morgan fingerprint density at radius 1 is 1.35 bits per heavy atom.